The van der Waals surface area contributed by atoms with E-state index in [0.29, 0.717) is 12.2 Å². The maximum absolute atomic E-state index is 11.9. The lowest BCUT2D eigenvalue weighted by Gasteiger charge is -2.05. The first-order chi connectivity index (χ1) is 9.34. The first-order valence-corrected chi connectivity index (χ1v) is 5.96. The van der Waals surface area contributed by atoms with Crippen molar-refractivity contribution in [1.29, 1.82) is 0 Å². The van der Waals surface area contributed by atoms with Crippen molar-refractivity contribution in [3.05, 3.63) is 60.2 Å². The zero-order valence-corrected chi connectivity index (χ0v) is 10.2. The standard InChI is InChI=1S/C14H12N4O/c19-14(11-6-2-1-3-7-11)15-10-18-13-9-5-4-8-12(13)16-17-18/h1-9H,10H2,(H,15,19). The summed E-state index contributed by atoms with van der Waals surface area (Å²) in [6, 6.07) is 16.7. The molecule has 1 heterocycles. The Morgan fingerprint density at radius 2 is 1.79 bits per heavy atom. The number of benzene rings is 2. The molecule has 3 rings (SSSR count). The number of carbonyl (C=O) groups is 1. The van der Waals surface area contributed by atoms with Gasteiger partial charge in [0, 0.05) is 5.56 Å². The molecule has 3 aromatic rings. The smallest absolute Gasteiger partial charge is 0.252 e. The Kier molecular flexibility index (Phi) is 2.94. The fourth-order valence-corrected chi connectivity index (χ4v) is 1.87. The fourth-order valence-electron chi connectivity index (χ4n) is 1.87. The van der Waals surface area contributed by atoms with Gasteiger partial charge in [-0.15, -0.1) is 5.10 Å². The quantitative estimate of drug-likeness (QED) is 0.773. The van der Waals surface area contributed by atoms with Crippen LogP contribution in [0, 0.1) is 0 Å². The van der Waals surface area contributed by atoms with Gasteiger partial charge in [0.1, 0.15) is 12.2 Å². The van der Waals surface area contributed by atoms with Crippen LogP contribution in [0.15, 0.2) is 54.6 Å². The average Bonchev–Trinajstić information content (AvgIpc) is 2.89. The highest BCUT2D eigenvalue weighted by Crippen LogP contribution is 2.08. The Bertz CT molecular complexity index is 706. The van der Waals surface area contributed by atoms with Crippen LogP contribution in [0.1, 0.15) is 10.4 Å². The monoisotopic (exact) mass is 252 g/mol. The number of nitrogens with zero attached hydrogens (tertiary/aromatic N) is 3. The van der Waals surface area contributed by atoms with Crippen LogP contribution < -0.4 is 5.32 Å². The van der Waals surface area contributed by atoms with E-state index in [1.807, 2.05) is 42.5 Å². The molecule has 0 fully saturated rings. The molecule has 0 saturated heterocycles. The number of carbonyl (C=O) groups excluding carboxylic acids is 1. The minimum atomic E-state index is -0.125. The average molecular weight is 252 g/mol. The second kappa shape index (κ2) is 4.89. The largest absolute Gasteiger partial charge is 0.333 e. The van der Waals surface area contributed by atoms with Crippen molar-refractivity contribution in [1.82, 2.24) is 20.3 Å². The van der Waals surface area contributed by atoms with Gasteiger partial charge in [0.05, 0.1) is 5.52 Å². The normalized spacial score (nSPS) is 10.5. The Hall–Kier alpha value is -2.69. The molecule has 5 heteroatoms. The van der Waals surface area contributed by atoms with E-state index in [2.05, 4.69) is 15.6 Å². The lowest BCUT2D eigenvalue weighted by molar-refractivity contribution is 0.0940. The van der Waals surface area contributed by atoms with E-state index in [4.69, 9.17) is 0 Å². The van der Waals surface area contributed by atoms with Gasteiger partial charge in [-0.1, -0.05) is 35.5 Å². The first kappa shape index (κ1) is 11.4. The number of rotatable bonds is 3. The van der Waals surface area contributed by atoms with Gasteiger partial charge in [-0.2, -0.15) is 0 Å². The molecule has 0 radical (unpaired) electrons. The summed E-state index contributed by atoms with van der Waals surface area (Å²) >= 11 is 0. The third-order valence-electron chi connectivity index (χ3n) is 2.85. The van der Waals surface area contributed by atoms with Crippen molar-refractivity contribution in [3.8, 4) is 0 Å². The van der Waals surface area contributed by atoms with Crippen molar-refractivity contribution in [2.75, 3.05) is 0 Å². The second-order valence-corrected chi connectivity index (χ2v) is 4.11. The lowest BCUT2D eigenvalue weighted by Crippen LogP contribution is -2.26. The van der Waals surface area contributed by atoms with Gasteiger partial charge in [-0.25, -0.2) is 4.68 Å². The molecule has 0 saturated carbocycles. The number of aromatic nitrogens is 3. The van der Waals surface area contributed by atoms with Gasteiger partial charge < -0.3 is 5.32 Å². The minimum Gasteiger partial charge on any atom is -0.333 e. The summed E-state index contributed by atoms with van der Waals surface area (Å²) in [7, 11) is 0. The van der Waals surface area contributed by atoms with E-state index >= 15 is 0 Å². The van der Waals surface area contributed by atoms with Crippen LogP contribution in [0.25, 0.3) is 11.0 Å². The van der Waals surface area contributed by atoms with Crippen LogP contribution in [0.4, 0.5) is 0 Å². The predicted molar refractivity (Wildman–Crippen MR) is 71.4 cm³/mol. The molecule has 1 amide bonds. The molecule has 94 valence electrons. The molecule has 2 aromatic carbocycles. The lowest BCUT2D eigenvalue weighted by atomic mass is 10.2. The van der Waals surface area contributed by atoms with Crippen LogP contribution in [0.2, 0.25) is 0 Å². The fraction of sp³-hybridized carbons (Fsp3) is 0.0714. The highest BCUT2D eigenvalue weighted by molar-refractivity contribution is 5.93. The van der Waals surface area contributed by atoms with Crippen molar-refractivity contribution < 1.29 is 4.79 Å². The molecule has 0 atom stereocenters. The van der Waals surface area contributed by atoms with Crippen molar-refractivity contribution in [3.63, 3.8) is 0 Å². The summed E-state index contributed by atoms with van der Waals surface area (Å²) in [5, 5.41) is 10.9. The predicted octanol–water partition coefficient (Wildman–Crippen LogP) is 1.82. The van der Waals surface area contributed by atoms with Crippen molar-refractivity contribution >= 4 is 16.9 Å². The minimum absolute atomic E-state index is 0.125. The topological polar surface area (TPSA) is 59.8 Å². The number of hydrogen-bond acceptors (Lipinski definition) is 3. The SMILES string of the molecule is O=C(NCn1nnc2ccccc21)c1ccccc1. The summed E-state index contributed by atoms with van der Waals surface area (Å²) in [5.41, 5.74) is 2.35. The third-order valence-corrected chi connectivity index (χ3v) is 2.85. The number of amides is 1. The van der Waals surface area contributed by atoms with E-state index in [1.165, 1.54) is 0 Å². The molecule has 5 nitrogen and oxygen atoms in total. The Morgan fingerprint density at radius 1 is 1.05 bits per heavy atom. The highest BCUT2D eigenvalue weighted by atomic mass is 16.1. The summed E-state index contributed by atoms with van der Waals surface area (Å²) in [5.74, 6) is -0.125. The Balaban J connectivity index is 1.75. The van der Waals surface area contributed by atoms with Crippen LogP contribution in [0.3, 0.4) is 0 Å². The summed E-state index contributed by atoms with van der Waals surface area (Å²) in [6.45, 7) is 0.300. The number of nitrogens with one attached hydrogen (secondary N) is 1. The third kappa shape index (κ3) is 2.30. The summed E-state index contributed by atoms with van der Waals surface area (Å²) in [4.78, 5) is 11.9. The van der Waals surface area contributed by atoms with Gasteiger partial charge in [-0.3, -0.25) is 4.79 Å². The molecule has 19 heavy (non-hydrogen) atoms. The molecule has 1 N–H and O–H groups in total. The molecule has 0 bridgehead atoms. The van der Waals surface area contributed by atoms with Crippen LogP contribution >= 0.6 is 0 Å². The summed E-state index contributed by atoms with van der Waals surface area (Å²) < 4.78 is 1.66. The van der Waals surface area contributed by atoms with Crippen molar-refractivity contribution in [2.45, 2.75) is 6.67 Å². The van der Waals surface area contributed by atoms with Crippen LogP contribution in [0.5, 0.6) is 0 Å². The first-order valence-electron chi connectivity index (χ1n) is 5.96. The zero-order valence-electron chi connectivity index (χ0n) is 10.2. The van der Waals surface area contributed by atoms with Crippen molar-refractivity contribution in [2.24, 2.45) is 0 Å². The highest BCUT2D eigenvalue weighted by Gasteiger charge is 2.06. The molecule has 1 aromatic heterocycles. The van der Waals surface area contributed by atoms with Gasteiger partial charge in [0.15, 0.2) is 0 Å². The van der Waals surface area contributed by atoms with Gasteiger partial charge >= 0.3 is 0 Å². The van der Waals surface area contributed by atoms with Gasteiger partial charge in [-0.05, 0) is 24.3 Å². The zero-order chi connectivity index (χ0) is 13.1. The van der Waals surface area contributed by atoms with E-state index in [-0.39, 0.29) is 5.91 Å². The van der Waals surface area contributed by atoms with E-state index in [0.717, 1.165) is 11.0 Å². The summed E-state index contributed by atoms with van der Waals surface area (Å²) in [6.07, 6.45) is 0. The van der Waals surface area contributed by atoms with Gasteiger partial charge in [0.2, 0.25) is 0 Å². The van der Waals surface area contributed by atoms with E-state index in [9.17, 15) is 4.79 Å². The Morgan fingerprint density at radius 3 is 2.63 bits per heavy atom. The maximum Gasteiger partial charge on any atom is 0.252 e. The maximum atomic E-state index is 11.9. The molecule has 0 aliphatic rings. The molecular weight excluding hydrogens is 240 g/mol. The van der Waals surface area contributed by atoms with Crippen LogP contribution in [-0.4, -0.2) is 20.9 Å². The van der Waals surface area contributed by atoms with E-state index < -0.39 is 0 Å². The molecule has 0 aliphatic carbocycles. The number of hydrogen-bond donors (Lipinski definition) is 1. The van der Waals surface area contributed by atoms with E-state index in [1.54, 1.807) is 16.8 Å². The second-order valence-electron chi connectivity index (χ2n) is 4.11. The molecule has 0 aliphatic heterocycles. The van der Waals surface area contributed by atoms with Crippen LogP contribution in [-0.2, 0) is 6.67 Å². The molecule has 0 spiro atoms. The van der Waals surface area contributed by atoms with Gasteiger partial charge in [0.25, 0.3) is 5.91 Å². The number of para-hydroxylation sites is 1. The molecule has 0 unspecified atom stereocenters. The molecular formula is C14H12N4O. The Labute approximate surface area is 109 Å². The number of fused-ring (bicyclic) bond motifs is 1.